The van der Waals surface area contributed by atoms with Gasteiger partial charge in [-0.05, 0) is 24.6 Å². The molecular weight excluding hydrogens is 256 g/mol. The summed E-state index contributed by atoms with van der Waals surface area (Å²) in [6.07, 6.45) is 0.818. The number of halogens is 1. The quantitative estimate of drug-likeness (QED) is 0.806. The number of amides is 1. The van der Waals surface area contributed by atoms with Crippen LogP contribution in [0.2, 0.25) is 5.02 Å². The molecule has 0 bridgehead atoms. The van der Waals surface area contributed by atoms with Gasteiger partial charge in [0.25, 0.3) is 0 Å². The lowest BCUT2D eigenvalue weighted by Crippen LogP contribution is -2.36. The number of nitrogens with one attached hydrogen (secondary N) is 1. The number of benzene rings is 1. The Kier molecular flexibility index (Phi) is 5.38. The Bertz CT molecular complexity index is 423. The van der Waals surface area contributed by atoms with Crippen LogP contribution in [-0.2, 0) is 11.2 Å². The van der Waals surface area contributed by atoms with Gasteiger partial charge in [0.05, 0.1) is 11.4 Å². The van der Waals surface area contributed by atoms with E-state index < -0.39 is 0 Å². The minimum Gasteiger partial charge on any atom is -0.393 e. The van der Waals surface area contributed by atoms with E-state index in [1.165, 1.54) is 0 Å². The number of carbonyl (C=O) groups excluding carboxylic acids is 1. The summed E-state index contributed by atoms with van der Waals surface area (Å²) in [7, 11) is 0. The molecule has 1 aromatic carbocycles. The van der Waals surface area contributed by atoms with Gasteiger partial charge in [-0.2, -0.15) is 0 Å². The summed E-state index contributed by atoms with van der Waals surface area (Å²) in [5.74, 6) is -0.0592. The van der Waals surface area contributed by atoms with Gasteiger partial charge in [-0.3, -0.25) is 4.79 Å². The van der Waals surface area contributed by atoms with Gasteiger partial charge in [-0.15, -0.1) is 0 Å². The Balaban J connectivity index is 2.47. The largest absolute Gasteiger partial charge is 0.393 e. The Morgan fingerprint density at radius 3 is 2.88 bits per heavy atom. The van der Waals surface area contributed by atoms with Crippen molar-refractivity contribution >= 4 is 34.7 Å². The van der Waals surface area contributed by atoms with E-state index in [0.29, 0.717) is 22.9 Å². The molecular formula is C12H15ClN2OS. The molecule has 0 aromatic heterocycles. The molecule has 1 unspecified atom stereocenters. The molecule has 0 saturated carbocycles. The molecule has 3 N–H and O–H groups in total. The lowest BCUT2D eigenvalue weighted by Gasteiger charge is -2.12. The second-order valence-electron chi connectivity index (χ2n) is 3.95. The standard InChI is InChI=1S/C12H15ClN2OS/c1-8(5-11(14)17)15-12(16)7-9-3-2-4-10(13)6-9/h2-4,6,8H,5,7H2,1H3,(H2,14,17)(H,15,16). The Labute approximate surface area is 111 Å². The van der Waals surface area contributed by atoms with Gasteiger partial charge in [0.2, 0.25) is 5.91 Å². The monoisotopic (exact) mass is 270 g/mol. The maximum absolute atomic E-state index is 11.7. The first-order valence-corrected chi connectivity index (χ1v) is 6.08. The Morgan fingerprint density at radius 2 is 2.29 bits per heavy atom. The number of hydrogen-bond acceptors (Lipinski definition) is 2. The average molecular weight is 271 g/mol. The fourth-order valence-corrected chi connectivity index (χ4v) is 1.97. The zero-order valence-corrected chi connectivity index (χ0v) is 11.1. The highest BCUT2D eigenvalue weighted by Crippen LogP contribution is 2.11. The number of nitrogens with two attached hydrogens (primary N) is 1. The molecule has 3 nitrogen and oxygen atoms in total. The number of rotatable bonds is 5. The molecule has 5 heteroatoms. The average Bonchev–Trinajstić information content (AvgIpc) is 2.14. The molecule has 1 amide bonds. The van der Waals surface area contributed by atoms with Crippen LogP contribution in [0.15, 0.2) is 24.3 Å². The molecule has 17 heavy (non-hydrogen) atoms. The fraction of sp³-hybridized carbons (Fsp3) is 0.333. The van der Waals surface area contributed by atoms with Crippen molar-refractivity contribution in [3.8, 4) is 0 Å². The van der Waals surface area contributed by atoms with Crippen LogP contribution in [-0.4, -0.2) is 16.9 Å². The maximum atomic E-state index is 11.7. The highest BCUT2D eigenvalue weighted by molar-refractivity contribution is 7.80. The van der Waals surface area contributed by atoms with E-state index in [9.17, 15) is 4.79 Å². The molecule has 0 aliphatic rings. The molecule has 1 aromatic rings. The SMILES string of the molecule is CC(CC(N)=S)NC(=O)Cc1cccc(Cl)c1. The van der Waals surface area contributed by atoms with E-state index in [0.717, 1.165) is 5.56 Å². The van der Waals surface area contributed by atoms with Crippen LogP contribution in [0.5, 0.6) is 0 Å². The molecule has 0 radical (unpaired) electrons. The molecule has 0 spiro atoms. The van der Waals surface area contributed by atoms with Gasteiger partial charge in [0.1, 0.15) is 0 Å². The van der Waals surface area contributed by atoms with Gasteiger partial charge in [-0.25, -0.2) is 0 Å². The first-order chi connectivity index (χ1) is 7.97. The summed E-state index contributed by atoms with van der Waals surface area (Å²) in [6, 6.07) is 7.20. The van der Waals surface area contributed by atoms with Crippen LogP contribution < -0.4 is 11.1 Å². The zero-order chi connectivity index (χ0) is 12.8. The molecule has 0 fully saturated rings. The minimum atomic E-state index is -0.0592. The van der Waals surface area contributed by atoms with E-state index in [1.807, 2.05) is 19.1 Å². The molecule has 0 aliphatic carbocycles. The molecule has 0 saturated heterocycles. The summed E-state index contributed by atoms with van der Waals surface area (Å²) in [5.41, 5.74) is 6.29. The second kappa shape index (κ2) is 6.57. The van der Waals surface area contributed by atoms with E-state index in [4.69, 9.17) is 29.6 Å². The van der Waals surface area contributed by atoms with Gasteiger partial charge < -0.3 is 11.1 Å². The molecule has 0 heterocycles. The van der Waals surface area contributed by atoms with Crippen LogP contribution >= 0.6 is 23.8 Å². The van der Waals surface area contributed by atoms with E-state index in [2.05, 4.69) is 5.32 Å². The predicted molar refractivity (Wildman–Crippen MR) is 74.2 cm³/mol. The fourth-order valence-electron chi connectivity index (χ4n) is 1.51. The normalized spacial score (nSPS) is 11.9. The summed E-state index contributed by atoms with van der Waals surface area (Å²) in [5, 5.41) is 3.46. The highest BCUT2D eigenvalue weighted by atomic mass is 35.5. The van der Waals surface area contributed by atoms with Crippen molar-refractivity contribution in [3.05, 3.63) is 34.9 Å². The van der Waals surface area contributed by atoms with Crippen LogP contribution in [0, 0.1) is 0 Å². The van der Waals surface area contributed by atoms with Crippen molar-refractivity contribution in [2.45, 2.75) is 25.8 Å². The van der Waals surface area contributed by atoms with Crippen molar-refractivity contribution in [1.29, 1.82) is 0 Å². The van der Waals surface area contributed by atoms with E-state index >= 15 is 0 Å². The number of carbonyl (C=O) groups is 1. The van der Waals surface area contributed by atoms with Crippen LogP contribution in [0.3, 0.4) is 0 Å². The van der Waals surface area contributed by atoms with Gasteiger partial charge >= 0.3 is 0 Å². The van der Waals surface area contributed by atoms with Crippen molar-refractivity contribution in [2.75, 3.05) is 0 Å². The molecule has 92 valence electrons. The third-order valence-corrected chi connectivity index (χ3v) is 2.57. The summed E-state index contributed by atoms with van der Waals surface area (Å²) >= 11 is 10.6. The number of hydrogen-bond donors (Lipinski definition) is 2. The molecule has 1 rings (SSSR count). The highest BCUT2D eigenvalue weighted by Gasteiger charge is 2.09. The Hall–Kier alpha value is -1.13. The predicted octanol–water partition coefficient (Wildman–Crippen LogP) is 2.06. The van der Waals surface area contributed by atoms with Gasteiger partial charge in [0, 0.05) is 17.5 Å². The topological polar surface area (TPSA) is 55.1 Å². The van der Waals surface area contributed by atoms with Crippen LogP contribution in [0.4, 0.5) is 0 Å². The van der Waals surface area contributed by atoms with E-state index in [-0.39, 0.29) is 11.9 Å². The van der Waals surface area contributed by atoms with Crippen LogP contribution in [0.25, 0.3) is 0 Å². The Morgan fingerprint density at radius 1 is 1.59 bits per heavy atom. The van der Waals surface area contributed by atoms with Crippen LogP contribution in [0.1, 0.15) is 18.9 Å². The maximum Gasteiger partial charge on any atom is 0.224 e. The first kappa shape index (κ1) is 13.9. The molecule has 1 atom stereocenters. The van der Waals surface area contributed by atoms with Crippen molar-refractivity contribution in [1.82, 2.24) is 5.32 Å². The summed E-state index contributed by atoms with van der Waals surface area (Å²) in [6.45, 7) is 1.87. The second-order valence-corrected chi connectivity index (χ2v) is 4.91. The zero-order valence-electron chi connectivity index (χ0n) is 9.57. The smallest absolute Gasteiger partial charge is 0.224 e. The third-order valence-electron chi connectivity index (χ3n) is 2.17. The van der Waals surface area contributed by atoms with Gasteiger partial charge in [-0.1, -0.05) is 36.0 Å². The number of thiocarbonyl (C=S) groups is 1. The first-order valence-electron chi connectivity index (χ1n) is 5.29. The van der Waals surface area contributed by atoms with Gasteiger partial charge in [0.15, 0.2) is 0 Å². The minimum absolute atomic E-state index is 0.0424. The lowest BCUT2D eigenvalue weighted by molar-refractivity contribution is -0.120. The van der Waals surface area contributed by atoms with Crippen molar-refractivity contribution in [2.24, 2.45) is 5.73 Å². The van der Waals surface area contributed by atoms with Crippen molar-refractivity contribution < 1.29 is 4.79 Å². The van der Waals surface area contributed by atoms with E-state index in [1.54, 1.807) is 12.1 Å². The summed E-state index contributed by atoms with van der Waals surface area (Å²) in [4.78, 5) is 12.1. The van der Waals surface area contributed by atoms with Crippen molar-refractivity contribution in [3.63, 3.8) is 0 Å². The lowest BCUT2D eigenvalue weighted by atomic mass is 10.1. The summed E-state index contributed by atoms with van der Waals surface area (Å²) < 4.78 is 0. The third kappa shape index (κ3) is 5.65. The molecule has 0 aliphatic heterocycles.